The lowest BCUT2D eigenvalue weighted by Gasteiger charge is -2.22. The average molecular weight is 186 g/mol. The molecule has 1 aromatic carbocycles. The van der Waals surface area contributed by atoms with Crippen molar-refractivity contribution in [2.75, 3.05) is 0 Å². The summed E-state index contributed by atoms with van der Waals surface area (Å²) in [4.78, 5) is 11.7. The second-order valence-corrected chi connectivity index (χ2v) is 3.88. The van der Waals surface area contributed by atoms with E-state index in [-0.39, 0.29) is 0 Å². The quantitative estimate of drug-likeness (QED) is 0.649. The highest BCUT2D eigenvalue weighted by Gasteiger charge is 2.23. The van der Waals surface area contributed by atoms with Gasteiger partial charge in [0.2, 0.25) is 0 Å². The fraction of sp³-hybridized carbons (Fsp3) is 0.308. The Morgan fingerprint density at radius 2 is 2.14 bits per heavy atom. The third kappa shape index (κ3) is 1.63. The van der Waals surface area contributed by atoms with Crippen molar-refractivity contribution in [2.24, 2.45) is 5.92 Å². The van der Waals surface area contributed by atoms with Gasteiger partial charge >= 0.3 is 0 Å². The molecular weight excluding hydrogens is 172 g/mol. The molecule has 14 heavy (non-hydrogen) atoms. The zero-order chi connectivity index (χ0) is 9.97. The van der Waals surface area contributed by atoms with Gasteiger partial charge in [-0.3, -0.25) is 4.79 Å². The highest BCUT2D eigenvalue weighted by molar-refractivity contribution is 5.98. The van der Waals surface area contributed by atoms with E-state index in [9.17, 15) is 4.79 Å². The number of hydrogen-bond acceptors (Lipinski definition) is 1. The molecule has 1 heteroatoms. The van der Waals surface area contributed by atoms with E-state index in [0.29, 0.717) is 18.1 Å². The van der Waals surface area contributed by atoms with Crippen molar-refractivity contribution < 1.29 is 4.79 Å². The topological polar surface area (TPSA) is 17.1 Å². The maximum Gasteiger partial charge on any atom is 0.163 e. The van der Waals surface area contributed by atoms with Gasteiger partial charge in [0, 0.05) is 12.0 Å². The molecule has 0 heterocycles. The molecule has 1 atom stereocenters. The van der Waals surface area contributed by atoms with Gasteiger partial charge in [-0.2, -0.15) is 0 Å². The summed E-state index contributed by atoms with van der Waals surface area (Å²) >= 11 is 0. The van der Waals surface area contributed by atoms with E-state index in [0.717, 1.165) is 18.4 Å². The minimum atomic E-state index is 0.290. The number of fused-ring (bicyclic) bond motifs is 1. The van der Waals surface area contributed by atoms with Crippen LogP contribution in [0.15, 0.2) is 36.9 Å². The normalized spacial score (nSPS) is 20.3. The molecule has 1 aromatic rings. The molecule has 0 bridgehead atoms. The number of ketones is 1. The van der Waals surface area contributed by atoms with Crippen LogP contribution in [0.5, 0.6) is 0 Å². The smallest absolute Gasteiger partial charge is 0.163 e. The molecular formula is C13H14O. The summed E-state index contributed by atoms with van der Waals surface area (Å²) in [5, 5.41) is 0. The summed E-state index contributed by atoms with van der Waals surface area (Å²) in [5.41, 5.74) is 2.13. The van der Waals surface area contributed by atoms with Gasteiger partial charge in [-0.1, -0.05) is 30.3 Å². The van der Waals surface area contributed by atoms with Gasteiger partial charge in [-0.25, -0.2) is 0 Å². The molecule has 0 fully saturated rings. The highest BCUT2D eigenvalue weighted by atomic mass is 16.1. The number of Topliss-reactive ketones (excluding diaryl/α,β-unsaturated/α-hetero) is 1. The van der Waals surface area contributed by atoms with Crippen molar-refractivity contribution in [1.82, 2.24) is 0 Å². The number of allylic oxidation sites excluding steroid dienone is 1. The lowest BCUT2D eigenvalue weighted by atomic mass is 9.81. The van der Waals surface area contributed by atoms with E-state index in [1.807, 2.05) is 24.3 Å². The van der Waals surface area contributed by atoms with Crippen molar-refractivity contribution in [3.05, 3.63) is 48.0 Å². The zero-order valence-corrected chi connectivity index (χ0v) is 8.20. The van der Waals surface area contributed by atoms with Gasteiger partial charge in [-0.15, -0.1) is 6.58 Å². The van der Waals surface area contributed by atoms with Gasteiger partial charge in [0.05, 0.1) is 0 Å². The van der Waals surface area contributed by atoms with Crippen LogP contribution in [0.25, 0.3) is 0 Å². The van der Waals surface area contributed by atoms with Crippen LogP contribution in [0.1, 0.15) is 28.8 Å². The first-order valence-corrected chi connectivity index (χ1v) is 5.03. The second kappa shape index (κ2) is 3.79. The SMILES string of the molecule is C=CCC1CC(=O)c2ccccc2C1. The number of carbonyl (C=O) groups is 1. The first-order valence-electron chi connectivity index (χ1n) is 5.03. The maximum atomic E-state index is 11.7. The Kier molecular flexibility index (Phi) is 2.49. The number of hydrogen-bond donors (Lipinski definition) is 0. The van der Waals surface area contributed by atoms with E-state index < -0.39 is 0 Å². The first kappa shape index (κ1) is 9.20. The van der Waals surface area contributed by atoms with Gasteiger partial charge in [0.1, 0.15) is 0 Å². The number of rotatable bonds is 2. The van der Waals surface area contributed by atoms with E-state index >= 15 is 0 Å². The summed E-state index contributed by atoms with van der Waals surface area (Å²) in [6.45, 7) is 3.72. The summed E-state index contributed by atoms with van der Waals surface area (Å²) in [7, 11) is 0. The molecule has 0 radical (unpaired) electrons. The standard InChI is InChI=1S/C13H14O/c1-2-5-10-8-11-6-3-4-7-12(11)13(14)9-10/h2-4,6-7,10H,1,5,8-9H2. The third-order valence-electron chi connectivity index (χ3n) is 2.80. The molecule has 0 saturated carbocycles. The van der Waals surface area contributed by atoms with Crippen molar-refractivity contribution in [3.8, 4) is 0 Å². The van der Waals surface area contributed by atoms with Crippen LogP contribution in [0.2, 0.25) is 0 Å². The van der Waals surface area contributed by atoms with E-state index in [2.05, 4.69) is 12.6 Å². The molecule has 0 N–H and O–H groups in total. The third-order valence-corrected chi connectivity index (χ3v) is 2.80. The van der Waals surface area contributed by atoms with Crippen LogP contribution in [-0.4, -0.2) is 5.78 Å². The Morgan fingerprint density at radius 1 is 1.36 bits per heavy atom. The Labute approximate surface area is 84.5 Å². The van der Waals surface area contributed by atoms with Crippen LogP contribution in [0.3, 0.4) is 0 Å². The molecule has 2 rings (SSSR count). The zero-order valence-electron chi connectivity index (χ0n) is 8.20. The summed E-state index contributed by atoms with van der Waals surface area (Å²) in [5.74, 6) is 0.758. The van der Waals surface area contributed by atoms with Crippen molar-refractivity contribution >= 4 is 5.78 Å². The lowest BCUT2D eigenvalue weighted by molar-refractivity contribution is 0.0949. The van der Waals surface area contributed by atoms with Crippen LogP contribution in [-0.2, 0) is 6.42 Å². The van der Waals surface area contributed by atoms with E-state index in [1.165, 1.54) is 5.56 Å². The van der Waals surface area contributed by atoms with E-state index in [1.54, 1.807) is 0 Å². The monoisotopic (exact) mass is 186 g/mol. The van der Waals surface area contributed by atoms with Crippen molar-refractivity contribution in [2.45, 2.75) is 19.3 Å². The van der Waals surface area contributed by atoms with Gasteiger partial charge in [0.25, 0.3) is 0 Å². The lowest BCUT2D eigenvalue weighted by Crippen LogP contribution is -2.19. The number of benzene rings is 1. The Balaban J connectivity index is 2.28. The van der Waals surface area contributed by atoms with Crippen LogP contribution < -0.4 is 0 Å². The Bertz CT molecular complexity index is 365. The number of carbonyl (C=O) groups excluding carboxylic acids is 1. The van der Waals surface area contributed by atoms with Crippen molar-refractivity contribution in [3.63, 3.8) is 0 Å². The summed E-state index contributed by atoms with van der Waals surface area (Å²) in [6, 6.07) is 7.93. The maximum absolute atomic E-state index is 11.7. The van der Waals surface area contributed by atoms with Crippen LogP contribution in [0.4, 0.5) is 0 Å². The molecule has 0 amide bonds. The average Bonchev–Trinajstić information content (AvgIpc) is 2.18. The van der Waals surface area contributed by atoms with Crippen LogP contribution >= 0.6 is 0 Å². The molecule has 1 unspecified atom stereocenters. The summed E-state index contributed by atoms with van der Waals surface area (Å²) < 4.78 is 0. The molecule has 0 saturated heterocycles. The minimum Gasteiger partial charge on any atom is -0.294 e. The predicted molar refractivity (Wildman–Crippen MR) is 57.4 cm³/mol. The Hall–Kier alpha value is -1.37. The minimum absolute atomic E-state index is 0.290. The van der Waals surface area contributed by atoms with Gasteiger partial charge in [0.15, 0.2) is 5.78 Å². The molecule has 0 spiro atoms. The Morgan fingerprint density at radius 3 is 2.93 bits per heavy atom. The second-order valence-electron chi connectivity index (χ2n) is 3.88. The molecule has 1 aliphatic carbocycles. The van der Waals surface area contributed by atoms with E-state index in [4.69, 9.17) is 0 Å². The van der Waals surface area contributed by atoms with Crippen LogP contribution in [0, 0.1) is 5.92 Å². The first-order chi connectivity index (χ1) is 6.81. The predicted octanol–water partition coefficient (Wildman–Crippen LogP) is 3.01. The van der Waals surface area contributed by atoms with Crippen molar-refractivity contribution in [1.29, 1.82) is 0 Å². The molecule has 1 nitrogen and oxygen atoms in total. The van der Waals surface area contributed by atoms with Gasteiger partial charge < -0.3 is 0 Å². The molecule has 0 aromatic heterocycles. The largest absolute Gasteiger partial charge is 0.294 e. The molecule has 1 aliphatic rings. The highest BCUT2D eigenvalue weighted by Crippen LogP contribution is 2.27. The molecule has 0 aliphatic heterocycles. The fourth-order valence-corrected chi connectivity index (χ4v) is 2.13. The summed E-state index contributed by atoms with van der Waals surface area (Å²) in [6.07, 6.45) is 4.56. The van der Waals surface area contributed by atoms with Gasteiger partial charge in [-0.05, 0) is 24.3 Å². The fourth-order valence-electron chi connectivity index (χ4n) is 2.13. The molecule has 72 valence electrons.